The number of carboxylic acids is 1. The molecule has 1 aliphatic rings. The number of nitrogens with one attached hydrogen (secondary N) is 3. The molecule has 14 heteroatoms. The van der Waals surface area contributed by atoms with Gasteiger partial charge in [0, 0.05) is 21.3 Å². The first-order chi connectivity index (χ1) is 22.1. The van der Waals surface area contributed by atoms with Gasteiger partial charge in [-0.2, -0.15) is 5.10 Å². The van der Waals surface area contributed by atoms with Crippen LogP contribution >= 0.6 is 28.1 Å². The normalized spacial score (nSPS) is 14.3. The molecule has 1 heterocycles. The summed E-state index contributed by atoms with van der Waals surface area (Å²) >= 11 is 8.80. The number of hydrazone groups is 1. The lowest BCUT2D eigenvalue weighted by Crippen LogP contribution is -2.45. The van der Waals surface area contributed by atoms with Crippen LogP contribution in [0.2, 0.25) is 0 Å². The van der Waals surface area contributed by atoms with Crippen molar-refractivity contribution in [3.8, 4) is 17.2 Å². The molecule has 3 aromatic rings. The fraction of sp³-hybridized carbons (Fsp3) is 0.219. The van der Waals surface area contributed by atoms with E-state index in [4.69, 9.17) is 36.3 Å². The van der Waals surface area contributed by atoms with Crippen molar-refractivity contribution >= 4 is 57.3 Å². The summed E-state index contributed by atoms with van der Waals surface area (Å²) in [5.74, 6) is -0.767. The van der Waals surface area contributed by atoms with Crippen LogP contribution in [0.25, 0.3) is 0 Å². The van der Waals surface area contributed by atoms with Crippen LogP contribution < -0.4 is 30.3 Å². The Kier molecular flexibility index (Phi) is 11.7. The molecule has 0 bridgehead atoms. The fourth-order valence-corrected chi connectivity index (χ4v) is 5.13. The molecule has 3 aromatic carbocycles. The molecule has 4 N–H and O–H groups in total. The number of rotatable bonds is 13. The number of nitrogens with zero attached hydrogens (tertiary/aromatic N) is 1. The number of esters is 1. The van der Waals surface area contributed by atoms with Gasteiger partial charge < -0.3 is 34.7 Å². The molecular formula is C32H31BrN4O8S. The second kappa shape index (κ2) is 15.9. The molecule has 1 amide bonds. The number of carbonyl (C=O) groups is 3. The van der Waals surface area contributed by atoms with Crippen molar-refractivity contribution in [3.05, 3.63) is 98.7 Å². The number of aromatic carboxylic acids is 1. The molecule has 0 radical (unpaired) electrons. The maximum absolute atomic E-state index is 12.8. The van der Waals surface area contributed by atoms with E-state index in [9.17, 15) is 14.4 Å². The van der Waals surface area contributed by atoms with Gasteiger partial charge in [0.1, 0.15) is 12.4 Å². The molecule has 0 unspecified atom stereocenters. The zero-order valence-electron chi connectivity index (χ0n) is 25.1. The molecule has 0 saturated carbocycles. The van der Waals surface area contributed by atoms with Gasteiger partial charge in [0.05, 0.1) is 37.1 Å². The number of allylic oxidation sites excluding steroid dienone is 1. The molecule has 4 rings (SSSR count). The van der Waals surface area contributed by atoms with Crippen molar-refractivity contribution in [2.75, 3.05) is 20.3 Å². The topological polar surface area (TPSA) is 157 Å². The fourth-order valence-electron chi connectivity index (χ4n) is 4.43. The van der Waals surface area contributed by atoms with E-state index in [1.54, 1.807) is 62.4 Å². The number of para-hydroxylation sites is 1. The summed E-state index contributed by atoms with van der Waals surface area (Å²) in [6.07, 6.45) is 1.44. The van der Waals surface area contributed by atoms with E-state index in [-0.39, 0.29) is 25.4 Å². The molecule has 0 aromatic heterocycles. The maximum atomic E-state index is 12.8. The minimum absolute atomic E-state index is 0.188. The summed E-state index contributed by atoms with van der Waals surface area (Å²) < 4.78 is 23.1. The molecule has 240 valence electrons. The lowest BCUT2D eigenvalue weighted by Gasteiger charge is -2.30. The molecule has 1 aliphatic heterocycles. The molecule has 1 atom stereocenters. The van der Waals surface area contributed by atoms with Crippen molar-refractivity contribution in [1.82, 2.24) is 16.1 Å². The summed E-state index contributed by atoms with van der Waals surface area (Å²) in [6, 6.07) is 16.1. The minimum Gasteiger partial charge on any atom is -0.493 e. The first-order valence-electron chi connectivity index (χ1n) is 13.9. The highest BCUT2D eigenvalue weighted by Gasteiger charge is 2.32. The summed E-state index contributed by atoms with van der Waals surface area (Å²) in [5, 5.41) is 19.5. The van der Waals surface area contributed by atoms with Gasteiger partial charge >= 0.3 is 11.9 Å². The van der Waals surface area contributed by atoms with Gasteiger partial charge in [-0.25, -0.2) is 15.0 Å². The zero-order valence-corrected chi connectivity index (χ0v) is 27.5. The highest BCUT2D eigenvalue weighted by Crippen LogP contribution is 2.35. The minimum atomic E-state index is -1.00. The predicted octanol–water partition coefficient (Wildman–Crippen LogP) is 4.62. The number of hydrogen-bond acceptors (Lipinski definition) is 9. The van der Waals surface area contributed by atoms with Crippen molar-refractivity contribution < 1.29 is 38.4 Å². The Bertz CT molecular complexity index is 1690. The number of benzene rings is 3. The number of amides is 1. The van der Waals surface area contributed by atoms with Gasteiger partial charge in [0.25, 0.3) is 5.91 Å². The molecule has 0 aliphatic carbocycles. The van der Waals surface area contributed by atoms with Gasteiger partial charge in [0.15, 0.2) is 23.2 Å². The van der Waals surface area contributed by atoms with Crippen LogP contribution in [-0.4, -0.2) is 54.6 Å². The third-order valence-electron chi connectivity index (χ3n) is 6.62. The highest BCUT2D eigenvalue weighted by atomic mass is 79.9. The van der Waals surface area contributed by atoms with Crippen molar-refractivity contribution in [2.24, 2.45) is 5.10 Å². The van der Waals surface area contributed by atoms with Crippen LogP contribution in [0.1, 0.15) is 46.9 Å². The summed E-state index contributed by atoms with van der Waals surface area (Å²) in [4.78, 5) is 36.4. The van der Waals surface area contributed by atoms with Crippen LogP contribution in [0.4, 0.5) is 0 Å². The summed E-state index contributed by atoms with van der Waals surface area (Å²) in [6.45, 7) is 3.50. The molecule has 46 heavy (non-hydrogen) atoms. The molecular weight excluding hydrogens is 680 g/mol. The predicted molar refractivity (Wildman–Crippen MR) is 177 cm³/mol. The van der Waals surface area contributed by atoms with E-state index in [2.05, 4.69) is 37.1 Å². The van der Waals surface area contributed by atoms with E-state index < -0.39 is 23.9 Å². The van der Waals surface area contributed by atoms with Crippen molar-refractivity contribution in [3.63, 3.8) is 0 Å². The Morgan fingerprint density at radius 2 is 1.80 bits per heavy atom. The first kappa shape index (κ1) is 33.9. The molecule has 0 saturated heterocycles. The van der Waals surface area contributed by atoms with Crippen LogP contribution in [0, 0.1) is 0 Å². The third-order valence-corrected chi connectivity index (χ3v) is 7.53. The van der Waals surface area contributed by atoms with Gasteiger partial charge in [-0.3, -0.25) is 4.79 Å². The SMILES string of the molecule is CCOC(=O)C1=C(C)NC(=S)N[C@@H]1c1ccccc1OCC(=O)NN=Cc1cc(OC)c(OCc2ccc(C(=O)O)cc2)cc1Br. The smallest absolute Gasteiger partial charge is 0.338 e. The Hall–Kier alpha value is -4.95. The van der Waals surface area contributed by atoms with Crippen LogP contribution in [0.5, 0.6) is 17.2 Å². The Balaban J connectivity index is 1.39. The number of ether oxygens (including phenoxy) is 4. The number of thiocarbonyl (C=S) groups is 1. The van der Waals surface area contributed by atoms with Gasteiger partial charge in [-0.05, 0) is 77.9 Å². The van der Waals surface area contributed by atoms with E-state index in [0.717, 1.165) is 5.56 Å². The van der Waals surface area contributed by atoms with E-state index in [1.807, 2.05) is 0 Å². The molecule has 12 nitrogen and oxygen atoms in total. The van der Waals surface area contributed by atoms with Crippen molar-refractivity contribution in [1.29, 1.82) is 0 Å². The summed E-state index contributed by atoms with van der Waals surface area (Å²) in [7, 11) is 1.50. The second-order valence-corrected chi connectivity index (χ2v) is 11.0. The number of methoxy groups -OCH3 is 1. The number of carbonyl (C=O) groups excluding carboxylic acids is 2. The Morgan fingerprint density at radius 3 is 2.50 bits per heavy atom. The quantitative estimate of drug-likeness (QED) is 0.0850. The number of hydrogen-bond donors (Lipinski definition) is 4. The Morgan fingerprint density at radius 1 is 1.07 bits per heavy atom. The highest BCUT2D eigenvalue weighted by molar-refractivity contribution is 9.10. The average Bonchev–Trinajstić information content (AvgIpc) is 3.03. The molecule has 0 spiro atoms. The maximum Gasteiger partial charge on any atom is 0.338 e. The van der Waals surface area contributed by atoms with Gasteiger partial charge in [-0.1, -0.05) is 30.3 Å². The monoisotopic (exact) mass is 710 g/mol. The lowest BCUT2D eigenvalue weighted by molar-refractivity contribution is -0.139. The average molecular weight is 712 g/mol. The van der Waals surface area contributed by atoms with Crippen LogP contribution in [0.3, 0.4) is 0 Å². The van der Waals surface area contributed by atoms with Crippen LogP contribution in [-0.2, 0) is 20.9 Å². The van der Waals surface area contributed by atoms with E-state index in [1.165, 1.54) is 25.5 Å². The standard InChI is InChI=1S/C32H31BrN4O8S/c1-4-43-31(41)28-18(2)35-32(46)36-29(28)22-7-5-6-8-24(22)45-17-27(38)37-34-15-21-13-25(42-3)26(14-23(21)33)44-16-19-9-11-20(12-10-19)30(39)40/h5-15,29H,4,16-17H2,1-3H3,(H,37,38)(H,39,40)(H2,35,36,46)/t29-/m1/s1. The van der Waals surface area contributed by atoms with E-state index >= 15 is 0 Å². The first-order valence-corrected chi connectivity index (χ1v) is 15.1. The molecule has 0 fully saturated rings. The number of halogens is 1. The van der Waals surface area contributed by atoms with Gasteiger partial charge in [-0.15, -0.1) is 0 Å². The largest absolute Gasteiger partial charge is 0.493 e. The van der Waals surface area contributed by atoms with Crippen molar-refractivity contribution in [2.45, 2.75) is 26.5 Å². The third kappa shape index (κ3) is 8.61. The number of carboxylic acid groups (broad SMARTS) is 1. The van der Waals surface area contributed by atoms with Gasteiger partial charge in [0.2, 0.25) is 0 Å². The lowest BCUT2D eigenvalue weighted by atomic mass is 9.95. The van der Waals surface area contributed by atoms with Crippen LogP contribution in [0.15, 0.2) is 81.5 Å². The Labute approximate surface area is 278 Å². The second-order valence-electron chi connectivity index (χ2n) is 9.73. The summed E-state index contributed by atoms with van der Waals surface area (Å²) in [5.41, 5.74) is 5.52. The zero-order chi connectivity index (χ0) is 33.2. The van der Waals surface area contributed by atoms with E-state index in [0.29, 0.717) is 49.2 Å².